The summed E-state index contributed by atoms with van der Waals surface area (Å²) in [5.74, 6) is -0.792. The average molecular weight is 269 g/mol. The van der Waals surface area contributed by atoms with Crippen LogP contribution in [0.5, 0.6) is 5.75 Å². The molecule has 0 aliphatic rings. The number of phenols is 1. The van der Waals surface area contributed by atoms with Crippen molar-refractivity contribution in [2.24, 2.45) is 5.73 Å². The number of amides is 1. The molecule has 0 saturated carbocycles. The highest BCUT2D eigenvalue weighted by atomic mass is 35.5. The molecule has 0 atom stereocenters. The zero-order chi connectivity index (χ0) is 10.6. The maximum Gasteiger partial charge on any atom is 0.252 e. The van der Waals surface area contributed by atoms with Crippen molar-refractivity contribution in [3.05, 3.63) is 29.3 Å². The summed E-state index contributed by atoms with van der Waals surface area (Å²) in [6, 6.07) is 4.58. The van der Waals surface area contributed by atoms with E-state index in [0.717, 1.165) is 5.56 Å². The van der Waals surface area contributed by atoms with Gasteiger partial charge in [0.1, 0.15) is 5.75 Å². The van der Waals surface area contributed by atoms with Crippen LogP contribution >= 0.6 is 24.8 Å². The van der Waals surface area contributed by atoms with E-state index in [1.54, 1.807) is 6.07 Å². The van der Waals surface area contributed by atoms with Crippen molar-refractivity contribution in [3.63, 3.8) is 0 Å². The Morgan fingerprint density at radius 2 is 2.00 bits per heavy atom. The lowest BCUT2D eigenvalue weighted by Crippen LogP contribution is -2.14. The molecule has 0 bridgehead atoms. The van der Waals surface area contributed by atoms with Gasteiger partial charge in [-0.1, -0.05) is 6.07 Å². The first-order chi connectivity index (χ1) is 6.65. The first kappa shape index (κ1) is 17.4. The minimum atomic E-state index is -0.665. The van der Waals surface area contributed by atoms with Crippen molar-refractivity contribution >= 4 is 30.7 Å². The minimum Gasteiger partial charge on any atom is -0.507 e. The number of aromatic hydroxyl groups is 1. The van der Waals surface area contributed by atoms with E-state index in [4.69, 9.17) is 10.9 Å². The van der Waals surface area contributed by atoms with Gasteiger partial charge in [-0.05, 0) is 24.1 Å². The lowest BCUT2D eigenvalue weighted by Gasteiger charge is -2.04. The highest BCUT2D eigenvalue weighted by molar-refractivity contribution is 5.95. The molecule has 0 spiro atoms. The first-order valence-electron chi connectivity index (χ1n) is 4.14. The summed E-state index contributed by atoms with van der Waals surface area (Å²) in [7, 11) is 0. The number of hydrogen-bond donors (Lipinski definition) is 4. The van der Waals surface area contributed by atoms with Crippen LogP contribution in [0.3, 0.4) is 0 Å². The second-order valence-corrected chi connectivity index (χ2v) is 2.87. The summed E-state index contributed by atoms with van der Waals surface area (Å²) in [6.45, 7) is 0.378. The smallest absolute Gasteiger partial charge is 0.252 e. The summed E-state index contributed by atoms with van der Waals surface area (Å²) in [5.41, 5.74) is 7.96. The summed E-state index contributed by atoms with van der Waals surface area (Å²) in [4.78, 5) is 10.8. The Labute approximate surface area is 105 Å². The molecule has 0 saturated heterocycles. The van der Waals surface area contributed by atoms with E-state index in [1.807, 2.05) is 5.48 Å². The fourth-order valence-electron chi connectivity index (χ4n) is 1.14. The SMILES string of the molecule is Cl.Cl.NC(=O)c1cc(CCNO)ccc1O. The number of primary amides is 1. The number of benzene rings is 1. The van der Waals surface area contributed by atoms with Crippen molar-refractivity contribution in [2.75, 3.05) is 6.54 Å². The Balaban J connectivity index is 0. The van der Waals surface area contributed by atoms with Gasteiger partial charge in [0.05, 0.1) is 5.56 Å². The van der Waals surface area contributed by atoms with E-state index in [1.165, 1.54) is 12.1 Å². The van der Waals surface area contributed by atoms with E-state index in [-0.39, 0.29) is 36.1 Å². The van der Waals surface area contributed by atoms with Gasteiger partial charge in [-0.3, -0.25) is 4.79 Å². The average Bonchev–Trinajstić information content (AvgIpc) is 2.16. The van der Waals surface area contributed by atoms with Crippen LogP contribution in [0.1, 0.15) is 15.9 Å². The highest BCUT2D eigenvalue weighted by Crippen LogP contribution is 2.17. The number of rotatable bonds is 4. The van der Waals surface area contributed by atoms with Crippen molar-refractivity contribution in [2.45, 2.75) is 6.42 Å². The largest absolute Gasteiger partial charge is 0.507 e. The van der Waals surface area contributed by atoms with Crippen molar-refractivity contribution in [1.82, 2.24) is 5.48 Å². The van der Waals surface area contributed by atoms with E-state index >= 15 is 0 Å². The Morgan fingerprint density at radius 3 is 2.50 bits per heavy atom. The quantitative estimate of drug-likeness (QED) is 0.609. The molecule has 0 unspecified atom stereocenters. The Kier molecular flexibility index (Phi) is 8.89. The van der Waals surface area contributed by atoms with E-state index in [2.05, 4.69) is 0 Å². The van der Waals surface area contributed by atoms with Crippen LogP contribution in [-0.4, -0.2) is 22.8 Å². The maximum atomic E-state index is 10.8. The molecule has 1 aromatic rings. The van der Waals surface area contributed by atoms with Gasteiger partial charge in [0.25, 0.3) is 5.91 Å². The van der Waals surface area contributed by atoms with E-state index < -0.39 is 5.91 Å². The molecule has 1 aromatic carbocycles. The molecule has 0 aliphatic heterocycles. The predicted octanol–water partition coefficient (Wildman–Crippen LogP) is 0.856. The van der Waals surface area contributed by atoms with Gasteiger partial charge in [-0.2, -0.15) is 0 Å². The van der Waals surface area contributed by atoms with Crippen LogP contribution in [0.25, 0.3) is 0 Å². The molecule has 0 heterocycles. The zero-order valence-electron chi connectivity index (χ0n) is 8.34. The van der Waals surface area contributed by atoms with Crippen LogP contribution in [0.4, 0.5) is 0 Å². The number of carbonyl (C=O) groups is 1. The van der Waals surface area contributed by atoms with Gasteiger partial charge in [-0.15, -0.1) is 24.8 Å². The number of halogens is 2. The van der Waals surface area contributed by atoms with Gasteiger partial charge in [0.2, 0.25) is 0 Å². The zero-order valence-corrected chi connectivity index (χ0v) is 9.98. The number of hydroxylamine groups is 1. The Morgan fingerprint density at radius 1 is 1.38 bits per heavy atom. The molecule has 0 aliphatic carbocycles. The van der Waals surface area contributed by atoms with E-state index in [0.29, 0.717) is 13.0 Å². The molecule has 0 fully saturated rings. The fourth-order valence-corrected chi connectivity index (χ4v) is 1.14. The van der Waals surface area contributed by atoms with Gasteiger partial charge in [0.15, 0.2) is 0 Å². The molecule has 16 heavy (non-hydrogen) atoms. The predicted molar refractivity (Wildman–Crippen MR) is 64.6 cm³/mol. The van der Waals surface area contributed by atoms with Crippen molar-refractivity contribution < 1.29 is 15.1 Å². The molecule has 0 aromatic heterocycles. The molecule has 1 rings (SSSR count). The monoisotopic (exact) mass is 268 g/mol. The summed E-state index contributed by atoms with van der Waals surface area (Å²) < 4.78 is 0. The number of nitrogens with two attached hydrogens (primary N) is 1. The Bertz CT molecular complexity index is 348. The molecule has 7 heteroatoms. The van der Waals surface area contributed by atoms with Crippen molar-refractivity contribution in [1.29, 1.82) is 0 Å². The molecule has 5 nitrogen and oxygen atoms in total. The Hall–Kier alpha value is -1.01. The fraction of sp³-hybridized carbons (Fsp3) is 0.222. The molecule has 1 amide bonds. The highest BCUT2D eigenvalue weighted by Gasteiger charge is 2.07. The van der Waals surface area contributed by atoms with Gasteiger partial charge in [-0.25, -0.2) is 5.48 Å². The maximum absolute atomic E-state index is 10.8. The normalized spacial score (nSPS) is 8.81. The minimum absolute atomic E-state index is 0. The second kappa shape index (κ2) is 8.18. The number of carbonyl (C=O) groups excluding carboxylic acids is 1. The van der Waals surface area contributed by atoms with Crippen molar-refractivity contribution in [3.8, 4) is 5.75 Å². The third kappa shape index (κ3) is 4.67. The van der Waals surface area contributed by atoms with Crippen LogP contribution in [0.2, 0.25) is 0 Å². The summed E-state index contributed by atoms with van der Waals surface area (Å²) in [5, 5.41) is 17.6. The van der Waals surface area contributed by atoms with Crippen LogP contribution < -0.4 is 11.2 Å². The summed E-state index contributed by atoms with van der Waals surface area (Å²) in [6.07, 6.45) is 0.553. The number of hydrogen-bond acceptors (Lipinski definition) is 4. The lowest BCUT2D eigenvalue weighted by atomic mass is 10.1. The number of nitrogens with one attached hydrogen (secondary N) is 1. The second-order valence-electron chi connectivity index (χ2n) is 2.87. The third-order valence-corrected chi connectivity index (χ3v) is 1.85. The summed E-state index contributed by atoms with van der Waals surface area (Å²) >= 11 is 0. The molecule has 92 valence electrons. The van der Waals surface area contributed by atoms with Gasteiger partial charge < -0.3 is 16.0 Å². The van der Waals surface area contributed by atoms with Gasteiger partial charge >= 0.3 is 0 Å². The van der Waals surface area contributed by atoms with Crippen LogP contribution in [0.15, 0.2) is 18.2 Å². The van der Waals surface area contributed by atoms with Crippen LogP contribution in [-0.2, 0) is 6.42 Å². The molecule has 0 radical (unpaired) electrons. The molecule has 5 N–H and O–H groups in total. The topological polar surface area (TPSA) is 95.6 Å². The lowest BCUT2D eigenvalue weighted by molar-refractivity contribution is 0.0997. The third-order valence-electron chi connectivity index (χ3n) is 1.85. The standard InChI is InChI=1S/C9H12N2O3.2ClH/c10-9(13)7-5-6(3-4-11-14)1-2-8(7)12;;/h1-2,5,11-12,14H,3-4H2,(H2,10,13);2*1H. The van der Waals surface area contributed by atoms with E-state index in [9.17, 15) is 9.90 Å². The molecular formula is C9H14Cl2N2O3. The van der Waals surface area contributed by atoms with Gasteiger partial charge in [0, 0.05) is 6.54 Å². The molecular weight excluding hydrogens is 255 g/mol. The van der Waals surface area contributed by atoms with Crippen LogP contribution in [0, 0.1) is 0 Å². The first-order valence-corrected chi connectivity index (χ1v) is 4.14.